The van der Waals surface area contributed by atoms with E-state index in [2.05, 4.69) is 12.2 Å². The number of benzene rings is 1. The van der Waals surface area contributed by atoms with Crippen molar-refractivity contribution in [3.05, 3.63) is 35.4 Å². The minimum atomic E-state index is -0.557. The molecule has 17 heavy (non-hydrogen) atoms. The second-order valence-electron chi connectivity index (χ2n) is 4.56. The van der Waals surface area contributed by atoms with Gasteiger partial charge in [-0.05, 0) is 24.9 Å². The fourth-order valence-electron chi connectivity index (χ4n) is 2.02. The maximum atomic E-state index is 13.4. The van der Waals surface area contributed by atoms with Crippen molar-refractivity contribution in [3.8, 4) is 0 Å². The van der Waals surface area contributed by atoms with Gasteiger partial charge in [0.2, 0.25) is 0 Å². The van der Waals surface area contributed by atoms with Gasteiger partial charge in [0.25, 0.3) is 0 Å². The van der Waals surface area contributed by atoms with Crippen LogP contribution in [0.15, 0.2) is 18.2 Å². The molecule has 1 saturated heterocycles. The number of piperidine rings is 1. The van der Waals surface area contributed by atoms with Gasteiger partial charge in [0.05, 0.1) is 12.7 Å². The van der Waals surface area contributed by atoms with Crippen LogP contribution in [0.3, 0.4) is 0 Å². The summed E-state index contributed by atoms with van der Waals surface area (Å²) in [5.41, 5.74) is 0.407. The van der Waals surface area contributed by atoms with E-state index in [-0.39, 0.29) is 12.7 Å². The van der Waals surface area contributed by atoms with Crippen LogP contribution in [0, 0.1) is 17.6 Å². The molecule has 0 aromatic heterocycles. The SMILES string of the molecule is CC1CCNCC1OCc1ccc(F)cc1F. The monoisotopic (exact) mass is 241 g/mol. The lowest BCUT2D eigenvalue weighted by Gasteiger charge is -2.29. The number of rotatable bonds is 3. The number of ether oxygens (including phenoxy) is 1. The summed E-state index contributed by atoms with van der Waals surface area (Å²) in [6.07, 6.45) is 1.17. The Balaban J connectivity index is 1.92. The molecule has 1 aliphatic heterocycles. The van der Waals surface area contributed by atoms with Crippen LogP contribution < -0.4 is 5.32 Å². The van der Waals surface area contributed by atoms with Crippen molar-refractivity contribution in [3.63, 3.8) is 0 Å². The maximum absolute atomic E-state index is 13.4. The van der Waals surface area contributed by atoms with Gasteiger partial charge in [0.1, 0.15) is 11.6 Å². The highest BCUT2D eigenvalue weighted by Crippen LogP contribution is 2.18. The standard InChI is InChI=1S/C13H17F2NO/c1-9-4-5-16-7-13(9)17-8-10-2-3-11(14)6-12(10)15/h2-3,6,9,13,16H,4-5,7-8H2,1H3. The molecule has 1 aromatic rings. The van der Waals surface area contributed by atoms with E-state index >= 15 is 0 Å². The number of nitrogens with one attached hydrogen (secondary N) is 1. The highest BCUT2D eigenvalue weighted by molar-refractivity contribution is 5.17. The molecular weight excluding hydrogens is 224 g/mol. The van der Waals surface area contributed by atoms with Crippen LogP contribution in [-0.2, 0) is 11.3 Å². The zero-order chi connectivity index (χ0) is 12.3. The fourth-order valence-corrected chi connectivity index (χ4v) is 2.02. The molecule has 1 N–H and O–H groups in total. The number of hydrogen-bond acceptors (Lipinski definition) is 2. The lowest BCUT2D eigenvalue weighted by molar-refractivity contribution is -0.00768. The predicted octanol–water partition coefficient (Wildman–Crippen LogP) is 2.48. The largest absolute Gasteiger partial charge is 0.372 e. The van der Waals surface area contributed by atoms with Crippen LogP contribution in [0.25, 0.3) is 0 Å². The van der Waals surface area contributed by atoms with Crippen LogP contribution in [0.2, 0.25) is 0 Å². The minimum Gasteiger partial charge on any atom is -0.372 e. The highest BCUT2D eigenvalue weighted by Gasteiger charge is 2.21. The zero-order valence-corrected chi connectivity index (χ0v) is 9.88. The normalized spacial score (nSPS) is 24.9. The molecule has 1 heterocycles. The van der Waals surface area contributed by atoms with Crippen LogP contribution >= 0.6 is 0 Å². The van der Waals surface area contributed by atoms with Crippen LogP contribution in [0.1, 0.15) is 18.9 Å². The van der Waals surface area contributed by atoms with Crippen molar-refractivity contribution in [2.24, 2.45) is 5.92 Å². The third-order valence-electron chi connectivity index (χ3n) is 3.22. The Kier molecular flexibility index (Phi) is 4.07. The van der Waals surface area contributed by atoms with Crippen LogP contribution in [-0.4, -0.2) is 19.2 Å². The van der Waals surface area contributed by atoms with Gasteiger partial charge in [-0.25, -0.2) is 8.78 Å². The molecule has 1 aromatic carbocycles. The van der Waals surface area contributed by atoms with Crippen molar-refractivity contribution in [1.82, 2.24) is 5.32 Å². The Morgan fingerprint density at radius 3 is 2.94 bits per heavy atom. The molecule has 2 rings (SSSR count). The molecule has 1 fully saturated rings. The molecule has 0 spiro atoms. The van der Waals surface area contributed by atoms with E-state index in [0.717, 1.165) is 25.6 Å². The summed E-state index contributed by atoms with van der Waals surface area (Å²) in [7, 11) is 0. The van der Waals surface area contributed by atoms with Crippen LogP contribution in [0.4, 0.5) is 8.78 Å². The molecule has 0 amide bonds. The van der Waals surface area contributed by atoms with Gasteiger partial charge >= 0.3 is 0 Å². The summed E-state index contributed by atoms with van der Waals surface area (Å²) in [6, 6.07) is 3.58. The third kappa shape index (κ3) is 3.23. The van der Waals surface area contributed by atoms with Crippen molar-refractivity contribution in [1.29, 1.82) is 0 Å². The summed E-state index contributed by atoms with van der Waals surface area (Å²) in [6.45, 7) is 4.13. The van der Waals surface area contributed by atoms with Crippen molar-refractivity contribution >= 4 is 0 Å². The maximum Gasteiger partial charge on any atom is 0.131 e. The second kappa shape index (κ2) is 5.56. The molecule has 1 aliphatic rings. The summed E-state index contributed by atoms with van der Waals surface area (Å²) in [5.74, 6) is -0.625. The molecule has 0 saturated carbocycles. The van der Waals surface area contributed by atoms with E-state index in [1.54, 1.807) is 0 Å². The zero-order valence-electron chi connectivity index (χ0n) is 9.88. The van der Waals surface area contributed by atoms with E-state index in [1.165, 1.54) is 12.1 Å². The first-order chi connectivity index (χ1) is 8.16. The Bertz CT molecular complexity index is 384. The van der Waals surface area contributed by atoms with E-state index in [1.807, 2.05) is 0 Å². The first-order valence-electron chi connectivity index (χ1n) is 5.93. The summed E-state index contributed by atoms with van der Waals surface area (Å²) >= 11 is 0. The number of halogens is 2. The first kappa shape index (κ1) is 12.5. The molecule has 2 unspecified atom stereocenters. The molecule has 94 valence electrons. The van der Waals surface area contributed by atoms with Crippen molar-refractivity contribution < 1.29 is 13.5 Å². The van der Waals surface area contributed by atoms with E-state index in [9.17, 15) is 8.78 Å². The summed E-state index contributed by atoms with van der Waals surface area (Å²) < 4.78 is 31.8. The van der Waals surface area contributed by atoms with Gasteiger partial charge in [0.15, 0.2) is 0 Å². The van der Waals surface area contributed by atoms with Gasteiger partial charge in [-0.1, -0.05) is 13.0 Å². The van der Waals surface area contributed by atoms with E-state index in [4.69, 9.17) is 4.74 Å². The van der Waals surface area contributed by atoms with Gasteiger partial charge in [-0.2, -0.15) is 0 Å². The smallest absolute Gasteiger partial charge is 0.131 e. The minimum absolute atomic E-state index is 0.105. The quantitative estimate of drug-likeness (QED) is 0.877. The predicted molar refractivity (Wildman–Crippen MR) is 61.6 cm³/mol. The van der Waals surface area contributed by atoms with Crippen molar-refractivity contribution in [2.75, 3.05) is 13.1 Å². The lowest BCUT2D eigenvalue weighted by atomic mass is 9.97. The Morgan fingerprint density at radius 2 is 2.24 bits per heavy atom. The molecule has 2 atom stereocenters. The molecule has 4 heteroatoms. The molecule has 2 nitrogen and oxygen atoms in total. The average Bonchev–Trinajstić information content (AvgIpc) is 2.30. The van der Waals surface area contributed by atoms with E-state index in [0.29, 0.717) is 11.5 Å². The lowest BCUT2D eigenvalue weighted by Crippen LogP contribution is -2.40. The third-order valence-corrected chi connectivity index (χ3v) is 3.22. The summed E-state index contributed by atoms with van der Waals surface area (Å²) in [4.78, 5) is 0. The molecule has 0 bridgehead atoms. The summed E-state index contributed by atoms with van der Waals surface area (Å²) in [5, 5.41) is 3.25. The second-order valence-corrected chi connectivity index (χ2v) is 4.56. The molecular formula is C13H17F2NO. The Morgan fingerprint density at radius 1 is 1.41 bits per heavy atom. The van der Waals surface area contributed by atoms with Gasteiger partial charge in [-0.3, -0.25) is 0 Å². The fraction of sp³-hybridized carbons (Fsp3) is 0.538. The highest BCUT2D eigenvalue weighted by atomic mass is 19.1. The first-order valence-corrected chi connectivity index (χ1v) is 5.93. The Hall–Kier alpha value is -1.00. The van der Waals surface area contributed by atoms with Gasteiger partial charge < -0.3 is 10.1 Å². The molecule has 0 radical (unpaired) electrons. The van der Waals surface area contributed by atoms with Gasteiger partial charge in [0, 0.05) is 18.2 Å². The Labute approximate surface area is 100.0 Å². The van der Waals surface area contributed by atoms with Gasteiger partial charge in [-0.15, -0.1) is 0 Å². The number of hydrogen-bond donors (Lipinski definition) is 1. The molecule has 0 aliphatic carbocycles. The topological polar surface area (TPSA) is 21.3 Å². The van der Waals surface area contributed by atoms with Crippen molar-refractivity contribution in [2.45, 2.75) is 26.1 Å². The van der Waals surface area contributed by atoms with E-state index < -0.39 is 11.6 Å². The van der Waals surface area contributed by atoms with Crippen LogP contribution in [0.5, 0.6) is 0 Å². The average molecular weight is 241 g/mol.